The summed E-state index contributed by atoms with van der Waals surface area (Å²) in [6, 6.07) is 10.0. The molecule has 0 spiro atoms. The number of carbonyl (C=O) groups is 2. The van der Waals surface area contributed by atoms with Crippen LogP contribution in [-0.4, -0.2) is 17.0 Å². The number of halogens is 2. The Balaban J connectivity index is 2.06. The van der Waals surface area contributed by atoms with Crippen molar-refractivity contribution in [1.82, 2.24) is 0 Å². The number of anilines is 1. The maximum absolute atomic E-state index is 13.7. The number of carbonyl (C=O) groups excluding carboxylic acids is 1. The van der Waals surface area contributed by atoms with Crippen LogP contribution in [0.4, 0.5) is 10.1 Å². The average Bonchev–Trinajstić information content (AvgIpc) is 2.43. The van der Waals surface area contributed by atoms with Crippen LogP contribution in [0.1, 0.15) is 15.9 Å². The van der Waals surface area contributed by atoms with E-state index < -0.39 is 17.7 Å². The number of carboxylic acids is 1. The fraction of sp³-hybridized carbons (Fsp3) is 0.0667. The molecule has 0 saturated heterocycles. The van der Waals surface area contributed by atoms with Gasteiger partial charge in [-0.3, -0.25) is 4.79 Å². The molecule has 0 saturated carbocycles. The maximum Gasteiger partial charge on any atom is 0.335 e. The third-order valence-corrected chi connectivity index (χ3v) is 3.02. The van der Waals surface area contributed by atoms with Gasteiger partial charge in [0.25, 0.3) is 0 Å². The normalized spacial score (nSPS) is 10.2. The van der Waals surface area contributed by atoms with Crippen LogP contribution in [0.5, 0.6) is 0 Å². The van der Waals surface area contributed by atoms with Gasteiger partial charge < -0.3 is 10.4 Å². The van der Waals surface area contributed by atoms with Crippen LogP contribution in [0.15, 0.2) is 42.5 Å². The molecule has 0 aliphatic heterocycles. The zero-order valence-electron chi connectivity index (χ0n) is 10.8. The molecule has 0 aliphatic rings. The summed E-state index contributed by atoms with van der Waals surface area (Å²) in [6.45, 7) is 0. The lowest BCUT2D eigenvalue weighted by Gasteiger charge is -2.07. The molecule has 2 rings (SSSR count). The quantitative estimate of drug-likeness (QED) is 0.910. The molecule has 0 aromatic heterocycles. The Labute approximate surface area is 125 Å². The summed E-state index contributed by atoms with van der Waals surface area (Å²) in [6.07, 6.45) is 0.0668. The van der Waals surface area contributed by atoms with Gasteiger partial charge in [0.2, 0.25) is 5.91 Å². The smallest absolute Gasteiger partial charge is 0.335 e. The first kappa shape index (κ1) is 15.0. The zero-order valence-corrected chi connectivity index (χ0v) is 11.5. The molecule has 21 heavy (non-hydrogen) atoms. The average molecular weight is 308 g/mol. The van der Waals surface area contributed by atoms with Crippen molar-refractivity contribution in [3.05, 3.63) is 64.4 Å². The van der Waals surface area contributed by atoms with Crippen LogP contribution >= 0.6 is 11.6 Å². The Hall–Kier alpha value is -2.40. The van der Waals surface area contributed by atoms with Crippen molar-refractivity contribution < 1.29 is 19.1 Å². The molecule has 2 N–H and O–H groups in total. The lowest BCUT2D eigenvalue weighted by molar-refractivity contribution is -0.115. The monoisotopic (exact) mass is 307 g/mol. The van der Waals surface area contributed by atoms with Gasteiger partial charge in [-0.05, 0) is 35.9 Å². The van der Waals surface area contributed by atoms with Gasteiger partial charge in [-0.2, -0.15) is 0 Å². The molecule has 2 aromatic rings. The molecule has 0 unspecified atom stereocenters. The third kappa shape index (κ3) is 4.03. The highest BCUT2D eigenvalue weighted by atomic mass is 35.5. The van der Waals surface area contributed by atoms with E-state index in [2.05, 4.69) is 5.32 Å². The zero-order chi connectivity index (χ0) is 15.4. The first-order valence-corrected chi connectivity index (χ1v) is 6.40. The van der Waals surface area contributed by atoms with Crippen molar-refractivity contribution in [1.29, 1.82) is 0 Å². The summed E-state index contributed by atoms with van der Waals surface area (Å²) in [5.74, 6) is -2.42. The van der Waals surface area contributed by atoms with E-state index in [0.717, 1.165) is 11.6 Å². The highest BCUT2D eigenvalue weighted by Gasteiger charge is 2.11. The minimum atomic E-state index is -1.23. The van der Waals surface area contributed by atoms with Crippen LogP contribution in [-0.2, 0) is 11.2 Å². The summed E-state index contributed by atoms with van der Waals surface area (Å²) in [7, 11) is 0. The van der Waals surface area contributed by atoms with E-state index in [0.29, 0.717) is 5.02 Å². The summed E-state index contributed by atoms with van der Waals surface area (Å²) in [5, 5.41) is 11.7. The Morgan fingerprint density at radius 1 is 1.14 bits per heavy atom. The van der Waals surface area contributed by atoms with Gasteiger partial charge in [0, 0.05) is 5.02 Å². The van der Waals surface area contributed by atoms with E-state index in [-0.39, 0.29) is 17.7 Å². The first-order valence-electron chi connectivity index (χ1n) is 6.03. The van der Waals surface area contributed by atoms with Crippen molar-refractivity contribution in [2.75, 3.05) is 5.32 Å². The Kier molecular flexibility index (Phi) is 4.55. The Bertz CT molecular complexity index is 686. The highest BCUT2D eigenvalue weighted by molar-refractivity contribution is 6.30. The number of carboxylic acid groups (broad SMARTS) is 1. The second kappa shape index (κ2) is 6.37. The van der Waals surface area contributed by atoms with E-state index in [1.807, 2.05) is 0 Å². The molecule has 0 fully saturated rings. The van der Waals surface area contributed by atoms with Crippen LogP contribution in [0.3, 0.4) is 0 Å². The summed E-state index contributed by atoms with van der Waals surface area (Å²) >= 11 is 5.74. The molecule has 1 amide bonds. The molecule has 0 atom stereocenters. The van der Waals surface area contributed by atoms with Crippen LogP contribution < -0.4 is 5.32 Å². The topological polar surface area (TPSA) is 66.4 Å². The molecule has 2 aromatic carbocycles. The number of benzene rings is 2. The van der Waals surface area contributed by atoms with Gasteiger partial charge in [0.05, 0.1) is 17.7 Å². The van der Waals surface area contributed by atoms with Crippen molar-refractivity contribution in [2.45, 2.75) is 6.42 Å². The molecular weight excluding hydrogens is 297 g/mol. The minimum absolute atomic E-state index is 0.0565. The first-order chi connectivity index (χ1) is 9.95. The number of aromatic carboxylic acids is 1. The van der Waals surface area contributed by atoms with Crippen LogP contribution in [0.25, 0.3) is 0 Å². The van der Waals surface area contributed by atoms with Crippen LogP contribution in [0, 0.1) is 5.82 Å². The van der Waals surface area contributed by atoms with Gasteiger partial charge in [0.1, 0.15) is 5.82 Å². The minimum Gasteiger partial charge on any atom is -0.478 e. The second-order valence-electron chi connectivity index (χ2n) is 4.35. The second-order valence-corrected chi connectivity index (χ2v) is 4.79. The third-order valence-electron chi connectivity index (χ3n) is 2.77. The molecule has 4 nitrogen and oxygen atoms in total. The predicted octanol–water partition coefficient (Wildman–Crippen LogP) is 3.36. The SMILES string of the molecule is O=C(Cc1ccc(Cl)cc1)Nc1ccc(C(=O)O)cc1F. The molecule has 0 aliphatic carbocycles. The van der Waals surface area contributed by atoms with Gasteiger partial charge in [-0.25, -0.2) is 9.18 Å². The molecule has 108 valence electrons. The summed E-state index contributed by atoms with van der Waals surface area (Å²) < 4.78 is 13.7. The number of hydrogen-bond donors (Lipinski definition) is 2. The highest BCUT2D eigenvalue weighted by Crippen LogP contribution is 2.17. The van der Waals surface area contributed by atoms with Gasteiger partial charge in [-0.1, -0.05) is 23.7 Å². The van der Waals surface area contributed by atoms with Crippen molar-refractivity contribution in [3.63, 3.8) is 0 Å². The van der Waals surface area contributed by atoms with Gasteiger partial charge in [0.15, 0.2) is 0 Å². The lowest BCUT2D eigenvalue weighted by Crippen LogP contribution is -2.15. The summed E-state index contributed by atoms with van der Waals surface area (Å²) in [4.78, 5) is 22.5. The molecule has 0 bridgehead atoms. The van der Waals surface area contributed by atoms with Crippen LogP contribution in [0.2, 0.25) is 5.02 Å². The van der Waals surface area contributed by atoms with Crippen molar-refractivity contribution in [3.8, 4) is 0 Å². The number of nitrogens with one attached hydrogen (secondary N) is 1. The van der Waals surface area contributed by atoms with Gasteiger partial charge >= 0.3 is 5.97 Å². The predicted molar refractivity (Wildman–Crippen MR) is 77.1 cm³/mol. The standard InChI is InChI=1S/C15H11ClFNO3/c16-11-4-1-9(2-5-11)7-14(19)18-13-6-3-10(15(20)21)8-12(13)17/h1-6,8H,7H2,(H,18,19)(H,20,21). The Morgan fingerprint density at radius 2 is 1.81 bits per heavy atom. The van der Waals surface area contributed by atoms with E-state index >= 15 is 0 Å². The number of hydrogen-bond acceptors (Lipinski definition) is 2. The lowest BCUT2D eigenvalue weighted by atomic mass is 10.1. The van der Waals surface area contributed by atoms with Gasteiger partial charge in [-0.15, -0.1) is 0 Å². The molecule has 0 radical (unpaired) electrons. The summed E-state index contributed by atoms with van der Waals surface area (Å²) in [5.41, 5.74) is 0.502. The molecule has 6 heteroatoms. The van der Waals surface area contributed by atoms with E-state index in [4.69, 9.17) is 16.7 Å². The maximum atomic E-state index is 13.7. The number of amides is 1. The molecular formula is C15H11ClFNO3. The van der Waals surface area contributed by atoms with Crippen molar-refractivity contribution in [2.24, 2.45) is 0 Å². The fourth-order valence-electron chi connectivity index (χ4n) is 1.73. The van der Waals surface area contributed by atoms with E-state index in [1.54, 1.807) is 24.3 Å². The Morgan fingerprint density at radius 3 is 2.38 bits per heavy atom. The molecule has 0 heterocycles. The fourth-order valence-corrected chi connectivity index (χ4v) is 1.86. The number of rotatable bonds is 4. The largest absolute Gasteiger partial charge is 0.478 e. The van der Waals surface area contributed by atoms with Crippen molar-refractivity contribution >= 4 is 29.2 Å². The van der Waals surface area contributed by atoms with E-state index in [9.17, 15) is 14.0 Å². The van der Waals surface area contributed by atoms with E-state index in [1.165, 1.54) is 12.1 Å².